The Labute approximate surface area is 203 Å². The molecule has 8 nitrogen and oxygen atoms in total. The molecule has 0 aromatic carbocycles. The number of carbonyl (C=O) groups excluding carboxylic acids is 3. The molecule has 34 heavy (non-hydrogen) atoms. The molecule has 2 bridgehead atoms. The lowest BCUT2D eigenvalue weighted by molar-refractivity contribution is -0.155. The number of carbonyl (C=O) groups is 3. The van der Waals surface area contributed by atoms with Gasteiger partial charge in [0.15, 0.2) is 0 Å². The molecule has 0 aromatic rings. The van der Waals surface area contributed by atoms with E-state index in [0.29, 0.717) is 45.3 Å². The molecule has 8 heteroatoms. The van der Waals surface area contributed by atoms with Crippen LogP contribution in [0.15, 0.2) is 25.3 Å². The van der Waals surface area contributed by atoms with Gasteiger partial charge in [-0.05, 0) is 53.4 Å². The van der Waals surface area contributed by atoms with Crippen molar-refractivity contribution in [3.8, 4) is 0 Å². The molecule has 3 rings (SSSR count). The summed E-state index contributed by atoms with van der Waals surface area (Å²) in [6.07, 6.45) is 5.60. The highest BCUT2D eigenvalue weighted by molar-refractivity contribution is 5.99. The second kappa shape index (κ2) is 9.46. The van der Waals surface area contributed by atoms with Gasteiger partial charge in [0.2, 0.25) is 17.7 Å². The fourth-order valence-corrected chi connectivity index (χ4v) is 6.21. The van der Waals surface area contributed by atoms with Crippen molar-refractivity contribution in [2.75, 3.05) is 33.3 Å². The third-order valence-electron chi connectivity index (χ3n) is 7.75. The van der Waals surface area contributed by atoms with Gasteiger partial charge in [0.25, 0.3) is 0 Å². The third-order valence-corrected chi connectivity index (χ3v) is 7.75. The highest BCUT2D eigenvalue weighted by atomic mass is 16.5. The first-order chi connectivity index (χ1) is 15.9. The zero-order valence-electron chi connectivity index (χ0n) is 21.4. The number of aliphatic hydroxyl groups excluding tert-OH is 1. The van der Waals surface area contributed by atoms with Gasteiger partial charge in [-0.25, -0.2) is 0 Å². The molecular weight excluding hydrogens is 434 g/mol. The number of fused-ring (bicyclic) bond motifs is 1. The minimum atomic E-state index is -1.04. The van der Waals surface area contributed by atoms with E-state index in [1.54, 1.807) is 33.9 Å². The number of ether oxygens (including phenoxy) is 1. The summed E-state index contributed by atoms with van der Waals surface area (Å²) in [7, 11) is 1.71. The molecule has 5 atom stereocenters. The first-order valence-corrected chi connectivity index (χ1v) is 12.3. The molecule has 3 amide bonds. The van der Waals surface area contributed by atoms with E-state index in [0.717, 1.165) is 0 Å². The maximum atomic E-state index is 14.2. The predicted octanol–water partition coefficient (Wildman–Crippen LogP) is 1.98. The zero-order valence-corrected chi connectivity index (χ0v) is 21.4. The highest BCUT2D eigenvalue weighted by Crippen LogP contribution is 2.63. The van der Waals surface area contributed by atoms with Crippen molar-refractivity contribution >= 4 is 17.7 Å². The Balaban J connectivity index is 2.08. The van der Waals surface area contributed by atoms with Crippen LogP contribution >= 0.6 is 0 Å². The lowest BCUT2D eigenvalue weighted by Crippen LogP contribution is -2.60. The summed E-state index contributed by atoms with van der Waals surface area (Å²) in [6, 6.07) is -0.813. The van der Waals surface area contributed by atoms with Crippen molar-refractivity contribution in [1.82, 2.24) is 14.7 Å². The summed E-state index contributed by atoms with van der Waals surface area (Å²) in [5.41, 5.74) is -2.32. The molecule has 3 aliphatic rings. The topological polar surface area (TPSA) is 90.4 Å². The monoisotopic (exact) mass is 475 g/mol. The first-order valence-electron chi connectivity index (χ1n) is 12.3. The molecule has 3 saturated heterocycles. The lowest BCUT2D eigenvalue weighted by atomic mass is 9.66. The van der Waals surface area contributed by atoms with Crippen LogP contribution in [0, 0.1) is 11.8 Å². The molecule has 3 heterocycles. The van der Waals surface area contributed by atoms with Crippen molar-refractivity contribution in [2.24, 2.45) is 11.8 Å². The van der Waals surface area contributed by atoms with Crippen molar-refractivity contribution in [3.63, 3.8) is 0 Å². The average Bonchev–Trinajstić information content (AvgIpc) is 3.32. The second-order valence-electron chi connectivity index (χ2n) is 11.1. The fourth-order valence-electron chi connectivity index (χ4n) is 6.21. The van der Waals surface area contributed by atoms with Crippen LogP contribution in [0.25, 0.3) is 0 Å². The van der Waals surface area contributed by atoms with Gasteiger partial charge in [-0.15, -0.1) is 13.2 Å². The SMILES string of the molecule is C=CCN(C)C(=O)[C@H]1[C@H]2C(=O)N(CCCCO)C(C(=O)N(CC=C)C(C)(C)C)C23CC[C@]1(C)O3. The number of likely N-dealkylation sites (N-methyl/N-ethyl adjacent to an activating group) is 1. The number of nitrogens with zero attached hydrogens (tertiary/aromatic N) is 3. The molecule has 0 saturated carbocycles. The lowest BCUT2D eigenvalue weighted by Gasteiger charge is -2.42. The summed E-state index contributed by atoms with van der Waals surface area (Å²) < 4.78 is 6.66. The average molecular weight is 476 g/mol. The van der Waals surface area contributed by atoms with Gasteiger partial charge >= 0.3 is 0 Å². The maximum Gasteiger partial charge on any atom is 0.249 e. The van der Waals surface area contributed by atoms with E-state index in [-0.39, 0.29) is 24.3 Å². The molecule has 0 radical (unpaired) electrons. The Kier molecular flexibility index (Phi) is 7.35. The van der Waals surface area contributed by atoms with Crippen molar-refractivity contribution in [1.29, 1.82) is 0 Å². The summed E-state index contributed by atoms with van der Waals surface area (Å²) in [5, 5.41) is 9.30. The van der Waals surface area contributed by atoms with Crippen LogP contribution in [0.5, 0.6) is 0 Å². The Hall–Kier alpha value is -2.19. The fraction of sp³-hybridized carbons (Fsp3) is 0.731. The van der Waals surface area contributed by atoms with Crippen LogP contribution < -0.4 is 0 Å². The van der Waals surface area contributed by atoms with E-state index < -0.39 is 34.6 Å². The quantitative estimate of drug-likeness (QED) is 0.385. The first kappa shape index (κ1) is 26.4. The van der Waals surface area contributed by atoms with Crippen LogP contribution in [0.3, 0.4) is 0 Å². The second-order valence-corrected chi connectivity index (χ2v) is 11.1. The van der Waals surface area contributed by atoms with E-state index in [1.165, 1.54) is 0 Å². The molecule has 190 valence electrons. The molecule has 1 N–H and O–H groups in total. The van der Waals surface area contributed by atoms with Gasteiger partial charge in [-0.1, -0.05) is 12.2 Å². The Morgan fingerprint density at radius 3 is 2.38 bits per heavy atom. The summed E-state index contributed by atoms with van der Waals surface area (Å²) in [5.74, 6) is -1.88. The molecule has 0 aromatic heterocycles. The van der Waals surface area contributed by atoms with Crippen LogP contribution in [0.1, 0.15) is 53.4 Å². The number of hydrogen-bond acceptors (Lipinski definition) is 5. The van der Waals surface area contributed by atoms with Crippen molar-refractivity contribution in [2.45, 2.75) is 76.2 Å². The molecule has 1 spiro atoms. The summed E-state index contributed by atoms with van der Waals surface area (Å²) in [6.45, 7) is 16.4. The third kappa shape index (κ3) is 4.09. The normalized spacial score (nSPS) is 32.0. The number of unbranched alkanes of at least 4 members (excludes halogenated alkanes) is 1. The van der Waals surface area contributed by atoms with Gasteiger partial charge in [-0.2, -0.15) is 0 Å². The zero-order chi connectivity index (χ0) is 25.5. The Morgan fingerprint density at radius 1 is 1.18 bits per heavy atom. The minimum Gasteiger partial charge on any atom is -0.396 e. The number of likely N-dealkylation sites (tertiary alicyclic amines) is 1. The predicted molar refractivity (Wildman–Crippen MR) is 130 cm³/mol. The number of hydrogen-bond donors (Lipinski definition) is 1. The molecular formula is C26H41N3O5. The Bertz CT molecular complexity index is 852. The van der Waals surface area contributed by atoms with Crippen LogP contribution in [0.4, 0.5) is 0 Å². The van der Waals surface area contributed by atoms with Gasteiger partial charge in [0.1, 0.15) is 11.6 Å². The van der Waals surface area contributed by atoms with Gasteiger partial charge in [-0.3, -0.25) is 14.4 Å². The van der Waals surface area contributed by atoms with E-state index in [9.17, 15) is 19.5 Å². The largest absolute Gasteiger partial charge is 0.396 e. The van der Waals surface area contributed by atoms with Crippen LogP contribution in [0.2, 0.25) is 0 Å². The standard InChI is InChI=1S/C26H41N3O5/c1-8-14-27(7)21(31)18-19-22(32)28(16-10-11-17-30)20(26(19)13-12-25(18,6)34-26)23(33)29(15-9-2)24(3,4)5/h8-9,18-20,30H,1-2,10-17H2,3-7H3/t18-,19+,20?,25+,26?/m1/s1. The smallest absolute Gasteiger partial charge is 0.249 e. The Morgan fingerprint density at radius 2 is 1.82 bits per heavy atom. The number of aliphatic hydroxyl groups is 1. The van der Waals surface area contributed by atoms with Crippen molar-refractivity contribution < 1.29 is 24.2 Å². The summed E-state index contributed by atoms with van der Waals surface area (Å²) in [4.78, 5) is 46.6. The maximum absolute atomic E-state index is 14.2. The number of rotatable bonds is 10. The van der Waals surface area contributed by atoms with Crippen LogP contribution in [-0.2, 0) is 19.1 Å². The van der Waals surface area contributed by atoms with Gasteiger partial charge < -0.3 is 24.5 Å². The van der Waals surface area contributed by atoms with E-state index in [1.807, 2.05) is 27.7 Å². The highest BCUT2D eigenvalue weighted by Gasteiger charge is 2.78. The van der Waals surface area contributed by atoms with Crippen molar-refractivity contribution in [3.05, 3.63) is 25.3 Å². The molecule has 3 aliphatic heterocycles. The van der Waals surface area contributed by atoms with Gasteiger partial charge in [0, 0.05) is 38.8 Å². The number of amides is 3. The minimum absolute atomic E-state index is 0.0157. The molecule has 0 aliphatic carbocycles. The summed E-state index contributed by atoms with van der Waals surface area (Å²) >= 11 is 0. The van der Waals surface area contributed by atoms with Crippen LogP contribution in [-0.4, -0.2) is 93.6 Å². The molecule has 2 unspecified atom stereocenters. The molecule has 3 fully saturated rings. The van der Waals surface area contributed by atoms with E-state index in [2.05, 4.69) is 13.2 Å². The van der Waals surface area contributed by atoms with E-state index in [4.69, 9.17) is 4.74 Å². The van der Waals surface area contributed by atoms with E-state index >= 15 is 0 Å². The van der Waals surface area contributed by atoms with Gasteiger partial charge in [0.05, 0.1) is 17.4 Å².